The Balaban J connectivity index is 1.82. The number of aromatic nitrogens is 4. The van der Waals surface area contributed by atoms with Crippen molar-refractivity contribution in [3.05, 3.63) is 72.9 Å². The molecule has 0 aliphatic heterocycles. The van der Waals surface area contributed by atoms with Crippen LogP contribution < -0.4 is 14.8 Å². The lowest BCUT2D eigenvalue weighted by Crippen LogP contribution is -2.22. The molecule has 2 heterocycles. The van der Waals surface area contributed by atoms with Gasteiger partial charge in [0.1, 0.15) is 41.2 Å². The molecule has 0 aliphatic carbocycles. The first-order valence-corrected chi connectivity index (χ1v) is 18.2. The van der Waals surface area contributed by atoms with Gasteiger partial charge in [0, 0.05) is 32.6 Å². The summed E-state index contributed by atoms with van der Waals surface area (Å²) in [5, 5.41) is 7.93. The Kier molecular flexibility index (Phi) is 9.17. The van der Waals surface area contributed by atoms with Crippen molar-refractivity contribution in [2.24, 2.45) is 0 Å². The fourth-order valence-corrected chi connectivity index (χ4v) is 5.00. The maximum atomic E-state index is 13.5. The largest absolute Gasteiger partial charge is 0.457 e. The standard InChI is InChI=1S/C27H33FN6O4SSi/c1-5-39(35,36)33-26-25(22-8-6-7-9-23(22)38-21-12-10-20(28)11-13-21)32-34(19-37-16-17-40(2,3)4)27(26)31-24-18-29-14-15-30-24/h6-15,18,33H,5,16-17,19H2,1-4H3,(H,30,31). The third-order valence-corrected chi connectivity index (χ3v) is 8.77. The number of anilines is 3. The van der Waals surface area contributed by atoms with Crippen molar-refractivity contribution >= 4 is 35.4 Å². The third-order valence-electron chi connectivity index (χ3n) is 5.79. The predicted molar refractivity (Wildman–Crippen MR) is 157 cm³/mol. The molecule has 0 spiro atoms. The first-order valence-electron chi connectivity index (χ1n) is 12.8. The average molecular weight is 585 g/mol. The topological polar surface area (TPSA) is 120 Å². The Labute approximate surface area is 234 Å². The SMILES string of the molecule is CCS(=O)(=O)Nc1c(-c2ccccc2Oc2ccc(F)cc2)nn(COCC[Si](C)(C)C)c1Nc1cnccn1. The minimum absolute atomic E-state index is 0.0644. The molecule has 0 saturated carbocycles. The first-order chi connectivity index (χ1) is 19.0. The van der Waals surface area contributed by atoms with Crippen LogP contribution >= 0.6 is 0 Å². The highest BCUT2D eigenvalue weighted by molar-refractivity contribution is 7.92. The molecule has 0 saturated heterocycles. The van der Waals surface area contributed by atoms with Gasteiger partial charge in [-0.3, -0.25) is 9.71 Å². The van der Waals surface area contributed by atoms with Crippen LogP contribution in [0.25, 0.3) is 11.3 Å². The van der Waals surface area contributed by atoms with Crippen LogP contribution in [0.2, 0.25) is 25.7 Å². The number of nitrogens with zero attached hydrogens (tertiary/aromatic N) is 4. The summed E-state index contributed by atoms with van der Waals surface area (Å²) in [6.07, 6.45) is 4.58. The monoisotopic (exact) mass is 584 g/mol. The Morgan fingerprint density at radius 3 is 2.48 bits per heavy atom. The molecule has 0 unspecified atom stereocenters. The summed E-state index contributed by atoms with van der Waals surface area (Å²) in [5.41, 5.74) is 1.04. The molecule has 0 fully saturated rings. The van der Waals surface area contributed by atoms with E-state index in [4.69, 9.17) is 14.6 Å². The van der Waals surface area contributed by atoms with Crippen LogP contribution in [0.15, 0.2) is 67.1 Å². The van der Waals surface area contributed by atoms with Crippen molar-refractivity contribution in [3.8, 4) is 22.8 Å². The first kappa shape index (κ1) is 29.2. The van der Waals surface area contributed by atoms with Gasteiger partial charge in [-0.1, -0.05) is 31.8 Å². The van der Waals surface area contributed by atoms with Gasteiger partial charge in [0.05, 0.1) is 11.9 Å². The van der Waals surface area contributed by atoms with Gasteiger partial charge in [0.25, 0.3) is 0 Å². The molecule has 2 N–H and O–H groups in total. The molecule has 2 aromatic carbocycles. The molecule has 212 valence electrons. The van der Waals surface area contributed by atoms with E-state index in [-0.39, 0.29) is 24.0 Å². The van der Waals surface area contributed by atoms with Crippen LogP contribution in [0.4, 0.5) is 21.7 Å². The van der Waals surface area contributed by atoms with E-state index in [0.29, 0.717) is 41.0 Å². The number of sulfonamides is 1. The van der Waals surface area contributed by atoms with E-state index in [1.54, 1.807) is 35.9 Å². The molecular formula is C27H33FN6O4SSi. The van der Waals surface area contributed by atoms with Crippen LogP contribution in [0.1, 0.15) is 6.92 Å². The molecule has 10 nitrogen and oxygen atoms in total. The van der Waals surface area contributed by atoms with E-state index in [1.165, 1.54) is 42.9 Å². The van der Waals surface area contributed by atoms with Gasteiger partial charge in [-0.15, -0.1) is 0 Å². The molecule has 40 heavy (non-hydrogen) atoms. The summed E-state index contributed by atoms with van der Waals surface area (Å²) in [7, 11) is -5.06. The van der Waals surface area contributed by atoms with E-state index >= 15 is 0 Å². The normalized spacial score (nSPS) is 11.8. The van der Waals surface area contributed by atoms with Gasteiger partial charge >= 0.3 is 0 Å². The highest BCUT2D eigenvalue weighted by atomic mass is 32.2. The highest BCUT2D eigenvalue weighted by Crippen LogP contribution is 2.41. The molecule has 0 radical (unpaired) electrons. The number of nitrogens with one attached hydrogen (secondary N) is 2. The Morgan fingerprint density at radius 1 is 1.05 bits per heavy atom. The summed E-state index contributed by atoms with van der Waals surface area (Å²) in [5.74, 6) is 1.01. The van der Waals surface area contributed by atoms with Gasteiger partial charge in [-0.05, 0) is 49.4 Å². The fraction of sp³-hybridized carbons (Fsp3) is 0.296. The molecule has 4 aromatic rings. The van der Waals surface area contributed by atoms with Crippen molar-refractivity contribution in [2.45, 2.75) is 39.3 Å². The molecule has 2 aromatic heterocycles. The summed E-state index contributed by atoms with van der Waals surface area (Å²) in [6.45, 7) is 8.94. The molecule has 0 amide bonds. The van der Waals surface area contributed by atoms with E-state index in [0.717, 1.165) is 6.04 Å². The molecule has 0 bridgehead atoms. The maximum absolute atomic E-state index is 13.5. The van der Waals surface area contributed by atoms with Crippen molar-refractivity contribution in [3.63, 3.8) is 0 Å². The van der Waals surface area contributed by atoms with E-state index < -0.39 is 18.1 Å². The minimum Gasteiger partial charge on any atom is -0.457 e. The molecule has 4 rings (SSSR count). The van der Waals surface area contributed by atoms with Crippen molar-refractivity contribution in [2.75, 3.05) is 22.4 Å². The number of para-hydroxylation sites is 1. The van der Waals surface area contributed by atoms with Gasteiger partial charge in [0.15, 0.2) is 5.82 Å². The summed E-state index contributed by atoms with van der Waals surface area (Å²) >= 11 is 0. The molecular weight excluding hydrogens is 551 g/mol. The second kappa shape index (κ2) is 12.6. The Hall–Kier alpha value is -3.81. The predicted octanol–water partition coefficient (Wildman–Crippen LogP) is 6.09. The van der Waals surface area contributed by atoms with E-state index in [9.17, 15) is 12.8 Å². The van der Waals surface area contributed by atoms with Gasteiger partial charge in [-0.25, -0.2) is 22.5 Å². The second-order valence-corrected chi connectivity index (χ2v) is 17.8. The molecule has 0 aliphatic rings. The number of halogens is 1. The zero-order valence-corrected chi connectivity index (χ0v) is 24.7. The zero-order chi connectivity index (χ0) is 28.8. The van der Waals surface area contributed by atoms with Crippen LogP contribution in [-0.2, 0) is 21.5 Å². The fourth-order valence-electron chi connectivity index (χ4n) is 3.59. The van der Waals surface area contributed by atoms with Crippen LogP contribution in [0.5, 0.6) is 11.5 Å². The lowest BCUT2D eigenvalue weighted by molar-refractivity contribution is 0.0803. The number of hydrogen-bond donors (Lipinski definition) is 2. The van der Waals surface area contributed by atoms with Crippen LogP contribution in [0.3, 0.4) is 0 Å². The third kappa shape index (κ3) is 7.87. The van der Waals surface area contributed by atoms with Gasteiger partial charge in [-0.2, -0.15) is 5.10 Å². The van der Waals surface area contributed by atoms with Crippen molar-refractivity contribution < 1.29 is 22.3 Å². The lowest BCUT2D eigenvalue weighted by atomic mass is 10.1. The average Bonchev–Trinajstić information content (AvgIpc) is 3.24. The summed E-state index contributed by atoms with van der Waals surface area (Å²) in [4.78, 5) is 8.38. The van der Waals surface area contributed by atoms with Crippen LogP contribution in [0, 0.1) is 5.82 Å². The smallest absolute Gasteiger partial charge is 0.232 e. The number of benzene rings is 2. The Bertz CT molecular complexity index is 1530. The van der Waals surface area contributed by atoms with Crippen molar-refractivity contribution in [1.82, 2.24) is 19.7 Å². The van der Waals surface area contributed by atoms with E-state index in [2.05, 4.69) is 39.6 Å². The van der Waals surface area contributed by atoms with Gasteiger partial charge < -0.3 is 14.8 Å². The zero-order valence-electron chi connectivity index (χ0n) is 22.9. The highest BCUT2D eigenvalue weighted by Gasteiger charge is 2.26. The summed E-state index contributed by atoms with van der Waals surface area (Å²) < 4.78 is 55.5. The van der Waals surface area contributed by atoms with Crippen LogP contribution in [-0.4, -0.2) is 48.6 Å². The van der Waals surface area contributed by atoms with Gasteiger partial charge in [0.2, 0.25) is 10.0 Å². The maximum Gasteiger partial charge on any atom is 0.232 e. The quantitative estimate of drug-likeness (QED) is 0.143. The lowest BCUT2D eigenvalue weighted by Gasteiger charge is -2.16. The summed E-state index contributed by atoms with van der Waals surface area (Å²) in [6, 6.07) is 13.7. The second-order valence-electron chi connectivity index (χ2n) is 10.2. The molecule has 13 heteroatoms. The number of hydrogen-bond acceptors (Lipinski definition) is 8. The van der Waals surface area contributed by atoms with Crippen molar-refractivity contribution in [1.29, 1.82) is 0 Å². The van der Waals surface area contributed by atoms with E-state index in [1.807, 2.05) is 0 Å². The Morgan fingerprint density at radius 2 is 1.80 bits per heavy atom. The number of ether oxygens (including phenoxy) is 2. The molecule has 0 atom stereocenters. The minimum atomic E-state index is -3.72. The number of rotatable bonds is 13.